The lowest BCUT2D eigenvalue weighted by Gasteiger charge is -2.17. The third-order valence-corrected chi connectivity index (χ3v) is 3.78. The van der Waals surface area contributed by atoms with Gasteiger partial charge in [-0.3, -0.25) is 14.7 Å². The molecule has 0 bridgehead atoms. The Morgan fingerprint density at radius 1 is 1.39 bits per heavy atom. The molecule has 2 aromatic heterocycles. The van der Waals surface area contributed by atoms with Crippen molar-refractivity contribution in [1.82, 2.24) is 15.0 Å². The Balaban J connectivity index is 1.86. The summed E-state index contributed by atoms with van der Waals surface area (Å²) in [6.07, 6.45) is 5.81. The molecule has 3 rings (SSSR count). The van der Waals surface area contributed by atoms with Crippen LogP contribution < -0.4 is 16.0 Å². The van der Waals surface area contributed by atoms with Crippen LogP contribution in [0.15, 0.2) is 24.5 Å². The maximum absolute atomic E-state index is 12.3. The van der Waals surface area contributed by atoms with E-state index in [1.807, 2.05) is 12.1 Å². The second-order valence-electron chi connectivity index (χ2n) is 5.53. The number of carbonyl (C=O) groups excluding carboxylic acids is 1. The van der Waals surface area contributed by atoms with Crippen molar-refractivity contribution in [2.75, 3.05) is 22.5 Å². The lowest BCUT2D eigenvalue weighted by Crippen LogP contribution is -2.27. The van der Waals surface area contributed by atoms with Crippen molar-refractivity contribution < 1.29 is 4.79 Å². The molecule has 0 aliphatic carbocycles. The van der Waals surface area contributed by atoms with Gasteiger partial charge >= 0.3 is 0 Å². The van der Waals surface area contributed by atoms with Crippen LogP contribution in [0.1, 0.15) is 30.9 Å². The fourth-order valence-corrected chi connectivity index (χ4v) is 2.54. The topological polar surface area (TPSA) is 97.0 Å². The smallest absolute Gasteiger partial charge is 0.233 e. The molecule has 7 nitrogen and oxygen atoms in total. The first-order chi connectivity index (χ1) is 11.2. The molecule has 0 saturated heterocycles. The van der Waals surface area contributed by atoms with E-state index < -0.39 is 0 Å². The number of nitrogens with two attached hydrogens (primary N) is 1. The molecule has 120 valence electrons. The normalized spacial score (nSPS) is 13.3. The average molecular weight is 312 g/mol. The summed E-state index contributed by atoms with van der Waals surface area (Å²) in [6, 6.07) is 3.78. The number of anilines is 3. The zero-order chi connectivity index (χ0) is 16.2. The van der Waals surface area contributed by atoms with E-state index in [4.69, 9.17) is 5.73 Å². The van der Waals surface area contributed by atoms with Gasteiger partial charge in [-0.1, -0.05) is 19.4 Å². The van der Waals surface area contributed by atoms with Gasteiger partial charge in [0, 0.05) is 24.5 Å². The summed E-state index contributed by atoms with van der Waals surface area (Å²) in [5, 5.41) is 3.16. The first-order valence-electron chi connectivity index (χ1n) is 7.78. The van der Waals surface area contributed by atoms with Gasteiger partial charge in [-0.05, 0) is 18.1 Å². The van der Waals surface area contributed by atoms with Crippen LogP contribution in [0.25, 0.3) is 0 Å². The molecule has 23 heavy (non-hydrogen) atoms. The predicted octanol–water partition coefficient (Wildman–Crippen LogP) is 1.76. The minimum Gasteiger partial charge on any atom is -0.383 e. The largest absolute Gasteiger partial charge is 0.383 e. The lowest BCUT2D eigenvalue weighted by molar-refractivity contribution is -0.117. The number of fused-ring (bicyclic) bond motifs is 1. The molecule has 1 aliphatic heterocycles. The summed E-state index contributed by atoms with van der Waals surface area (Å²) < 4.78 is 0. The minimum absolute atomic E-state index is 0.0180. The zero-order valence-electron chi connectivity index (χ0n) is 13.1. The number of unbranched alkanes of at least 4 members (excludes halogenated alkanes) is 1. The van der Waals surface area contributed by atoms with E-state index in [2.05, 4.69) is 27.2 Å². The van der Waals surface area contributed by atoms with Crippen LogP contribution in [0, 0.1) is 0 Å². The molecule has 1 amide bonds. The molecule has 0 unspecified atom stereocenters. The number of hydrogen-bond donors (Lipinski definition) is 2. The minimum atomic E-state index is -0.0180. The fraction of sp³-hybridized carbons (Fsp3) is 0.375. The Morgan fingerprint density at radius 3 is 3.00 bits per heavy atom. The molecule has 2 aromatic rings. The van der Waals surface area contributed by atoms with Crippen LogP contribution in [0.5, 0.6) is 0 Å². The molecule has 0 fully saturated rings. The maximum Gasteiger partial charge on any atom is 0.233 e. The Hall–Kier alpha value is -2.70. The summed E-state index contributed by atoms with van der Waals surface area (Å²) in [7, 11) is 0. The van der Waals surface area contributed by atoms with Gasteiger partial charge in [-0.2, -0.15) is 9.97 Å². The Morgan fingerprint density at radius 2 is 2.26 bits per heavy atom. The summed E-state index contributed by atoms with van der Waals surface area (Å²) in [4.78, 5) is 26.8. The number of aromatic nitrogens is 3. The first-order valence-corrected chi connectivity index (χ1v) is 7.78. The van der Waals surface area contributed by atoms with E-state index in [1.54, 1.807) is 17.3 Å². The molecule has 7 heteroatoms. The van der Waals surface area contributed by atoms with Gasteiger partial charge in [0.1, 0.15) is 11.6 Å². The highest BCUT2D eigenvalue weighted by molar-refractivity contribution is 6.01. The van der Waals surface area contributed by atoms with Crippen molar-refractivity contribution in [3.05, 3.63) is 35.7 Å². The van der Waals surface area contributed by atoms with Crippen molar-refractivity contribution in [1.29, 1.82) is 0 Å². The van der Waals surface area contributed by atoms with Crippen LogP contribution >= 0.6 is 0 Å². The summed E-state index contributed by atoms with van der Waals surface area (Å²) in [5.41, 5.74) is 7.67. The lowest BCUT2D eigenvalue weighted by atomic mass is 10.2. The van der Waals surface area contributed by atoms with E-state index in [0.29, 0.717) is 29.7 Å². The first kappa shape index (κ1) is 15.2. The van der Waals surface area contributed by atoms with E-state index in [9.17, 15) is 4.79 Å². The molecule has 0 aromatic carbocycles. The number of nitrogens with one attached hydrogen (secondary N) is 1. The highest BCUT2D eigenvalue weighted by Crippen LogP contribution is 2.32. The van der Waals surface area contributed by atoms with Crippen LogP contribution in [0.3, 0.4) is 0 Å². The molecule has 3 heterocycles. The monoisotopic (exact) mass is 312 g/mol. The standard InChI is InChI=1S/C16H20N6O/c1-2-3-7-19-16-20-14(17)12-8-13(23)22(15(12)21-16)10-11-5-4-6-18-9-11/h4-6,9H,2-3,7-8,10H2,1H3,(H3,17,19,20,21). The van der Waals surface area contributed by atoms with Crippen molar-refractivity contribution in [2.45, 2.75) is 32.7 Å². The van der Waals surface area contributed by atoms with E-state index in [0.717, 1.165) is 24.9 Å². The Kier molecular flexibility index (Phi) is 4.36. The zero-order valence-corrected chi connectivity index (χ0v) is 13.1. The van der Waals surface area contributed by atoms with Gasteiger partial charge in [-0.25, -0.2) is 0 Å². The SMILES string of the molecule is CCCCNc1nc(N)c2c(n1)N(Cc1cccnc1)C(=O)C2. The molecule has 1 aliphatic rings. The Labute approximate surface area is 135 Å². The third kappa shape index (κ3) is 3.23. The number of pyridine rings is 1. The molecule has 3 N–H and O–H groups in total. The van der Waals surface area contributed by atoms with Crippen molar-refractivity contribution >= 4 is 23.5 Å². The van der Waals surface area contributed by atoms with Crippen molar-refractivity contribution in [3.63, 3.8) is 0 Å². The molecule has 0 radical (unpaired) electrons. The molecule has 0 atom stereocenters. The maximum atomic E-state index is 12.3. The average Bonchev–Trinajstić information content (AvgIpc) is 2.86. The quantitative estimate of drug-likeness (QED) is 0.789. The van der Waals surface area contributed by atoms with Crippen LogP contribution in [0.4, 0.5) is 17.6 Å². The fourth-order valence-electron chi connectivity index (χ4n) is 2.54. The van der Waals surface area contributed by atoms with E-state index >= 15 is 0 Å². The number of nitrogens with zero attached hydrogens (tertiary/aromatic N) is 4. The molecular formula is C16H20N6O. The number of rotatable bonds is 6. The van der Waals surface area contributed by atoms with Gasteiger partial charge in [-0.15, -0.1) is 0 Å². The number of amides is 1. The highest BCUT2D eigenvalue weighted by atomic mass is 16.2. The third-order valence-electron chi connectivity index (χ3n) is 3.78. The van der Waals surface area contributed by atoms with Gasteiger partial charge < -0.3 is 11.1 Å². The van der Waals surface area contributed by atoms with Gasteiger partial charge in [0.2, 0.25) is 11.9 Å². The van der Waals surface area contributed by atoms with Crippen LogP contribution in [-0.4, -0.2) is 27.4 Å². The summed E-state index contributed by atoms with van der Waals surface area (Å²) in [6.45, 7) is 3.34. The molecular weight excluding hydrogens is 292 g/mol. The summed E-state index contributed by atoms with van der Waals surface area (Å²) in [5.74, 6) is 1.43. The summed E-state index contributed by atoms with van der Waals surface area (Å²) >= 11 is 0. The predicted molar refractivity (Wildman–Crippen MR) is 89.0 cm³/mol. The van der Waals surface area contributed by atoms with Crippen molar-refractivity contribution in [3.8, 4) is 0 Å². The molecule has 0 saturated carbocycles. The van der Waals surface area contributed by atoms with Crippen LogP contribution in [-0.2, 0) is 17.8 Å². The number of carbonyl (C=O) groups is 1. The van der Waals surface area contributed by atoms with Crippen molar-refractivity contribution in [2.24, 2.45) is 0 Å². The van der Waals surface area contributed by atoms with Gasteiger partial charge in [0.05, 0.1) is 13.0 Å². The Bertz CT molecular complexity index is 703. The van der Waals surface area contributed by atoms with E-state index in [1.165, 1.54) is 0 Å². The van der Waals surface area contributed by atoms with Crippen LogP contribution in [0.2, 0.25) is 0 Å². The van der Waals surface area contributed by atoms with Gasteiger partial charge in [0.25, 0.3) is 0 Å². The van der Waals surface area contributed by atoms with E-state index in [-0.39, 0.29) is 12.3 Å². The number of nitrogen functional groups attached to an aromatic ring is 1. The second-order valence-corrected chi connectivity index (χ2v) is 5.53. The van der Waals surface area contributed by atoms with Gasteiger partial charge in [0.15, 0.2) is 0 Å². The highest BCUT2D eigenvalue weighted by Gasteiger charge is 2.31. The second kappa shape index (κ2) is 6.60. The number of hydrogen-bond acceptors (Lipinski definition) is 6. The molecule has 0 spiro atoms.